The minimum Gasteiger partial charge on any atom is -0.489 e. The maximum absolute atomic E-state index is 10.9. The van der Waals surface area contributed by atoms with E-state index in [0.717, 1.165) is 47.0 Å². The number of benzene rings is 2. The first-order chi connectivity index (χ1) is 13.0. The molecule has 0 saturated carbocycles. The zero-order valence-electron chi connectivity index (χ0n) is 16.5. The van der Waals surface area contributed by atoms with E-state index in [1.54, 1.807) is 0 Å². The Hall–Kier alpha value is -2.39. The summed E-state index contributed by atoms with van der Waals surface area (Å²) in [5.41, 5.74) is 2.83. The minimum absolute atomic E-state index is 0.157. The highest BCUT2D eigenvalue weighted by Crippen LogP contribution is 2.38. The normalized spacial score (nSPS) is 12.9. The van der Waals surface area contributed by atoms with Gasteiger partial charge in [0.15, 0.2) is 0 Å². The summed E-state index contributed by atoms with van der Waals surface area (Å²) in [6.45, 7) is 6.91. The third kappa shape index (κ3) is 4.67. The smallest absolute Gasteiger partial charge is 0.120 e. The summed E-state index contributed by atoms with van der Waals surface area (Å²) in [7, 11) is 0. The number of ether oxygens (including phenoxy) is 1. The number of aromatic nitrogens is 1. The number of aliphatic hydroxyl groups is 1. The monoisotopic (exact) mass is 363 g/mol. The minimum atomic E-state index is -0.505. The highest BCUT2D eigenvalue weighted by atomic mass is 16.5. The van der Waals surface area contributed by atoms with Gasteiger partial charge in [-0.3, -0.25) is 4.98 Å². The summed E-state index contributed by atoms with van der Waals surface area (Å²) in [6.07, 6.45) is 4.57. The third-order valence-electron chi connectivity index (χ3n) is 5.22. The van der Waals surface area contributed by atoms with Crippen LogP contribution in [0.4, 0.5) is 0 Å². The number of hydrogen-bond acceptors (Lipinski definition) is 3. The predicted octanol–water partition coefficient (Wildman–Crippen LogP) is 6.06. The van der Waals surface area contributed by atoms with Crippen molar-refractivity contribution in [3.63, 3.8) is 0 Å². The van der Waals surface area contributed by atoms with Gasteiger partial charge >= 0.3 is 0 Å². The number of pyridine rings is 1. The fraction of sp³-hybridized carbons (Fsp3) is 0.375. The van der Waals surface area contributed by atoms with Gasteiger partial charge in [-0.05, 0) is 41.7 Å². The number of unbranched alkanes of at least 4 members (excludes halogenated alkanes) is 1. The standard InChI is InChI=1S/C24H29NO2/c1-4-5-14-24(2,3)23(26)18-9-8-10-20(16-18)27-17-19-13-15-25-22-12-7-6-11-21(19)22/h6-13,15-16,23,26H,4-5,14,17H2,1-3H3. The van der Waals surface area contributed by atoms with Crippen LogP contribution in [0.3, 0.4) is 0 Å². The van der Waals surface area contributed by atoms with Gasteiger partial charge in [-0.25, -0.2) is 0 Å². The Morgan fingerprint density at radius 3 is 2.70 bits per heavy atom. The summed E-state index contributed by atoms with van der Waals surface area (Å²) >= 11 is 0. The molecular formula is C24H29NO2. The molecule has 1 aromatic heterocycles. The SMILES string of the molecule is CCCCC(C)(C)C(O)c1cccc(OCc2ccnc3ccccc23)c1. The van der Waals surface area contributed by atoms with Crippen molar-refractivity contribution in [1.29, 1.82) is 0 Å². The van der Waals surface area contributed by atoms with Crippen LogP contribution in [0.15, 0.2) is 60.8 Å². The topological polar surface area (TPSA) is 42.4 Å². The molecule has 1 unspecified atom stereocenters. The molecule has 142 valence electrons. The average Bonchev–Trinajstić information content (AvgIpc) is 2.70. The zero-order chi connectivity index (χ0) is 19.3. The number of para-hydroxylation sites is 1. The Balaban J connectivity index is 1.74. The molecule has 1 heterocycles. The second-order valence-electron chi connectivity index (χ2n) is 7.84. The molecule has 0 radical (unpaired) electrons. The van der Waals surface area contributed by atoms with E-state index >= 15 is 0 Å². The van der Waals surface area contributed by atoms with Crippen molar-refractivity contribution in [3.8, 4) is 5.75 Å². The summed E-state index contributed by atoms with van der Waals surface area (Å²) in [6, 6.07) is 17.9. The van der Waals surface area contributed by atoms with Crippen LogP contribution in [0.2, 0.25) is 0 Å². The van der Waals surface area contributed by atoms with Gasteiger partial charge in [-0.15, -0.1) is 0 Å². The van der Waals surface area contributed by atoms with E-state index in [-0.39, 0.29) is 5.41 Å². The van der Waals surface area contributed by atoms with Crippen LogP contribution in [0, 0.1) is 5.41 Å². The van der Waals surface area contributed by atoms with Crippen LogP contribution < -0.4 is 4.74 Å². The van der Waals surface area contributed by atoms with Gasteiger partial charge in [-0.2, -0.15) is 0 Å². The molecule has 27 heavy (non-hydrogen) atoms. The van der Waals surface area contributed by atoms with Gasteiger partial charge in [0.2, 0.25) is 0 Å². The first kappa shape index (κ1) is 19.4. The highest BCUT2D eigenvalue weighted by molar-refractivity contribution is 5.81. The lowest BCUT2D eigenvalue weighted by Crippen LogP contribution is -2.22. The molecule has 3 heteroatoms. The Bertz CT molecular complexity index is 883. The second kappa shape index (κ2) is 8.53. The van der Waals surface area contributed by atoms with Crippen molar-refractivity contribution < 1.29 is 9.84 Å². The first-order valence-corrected chi connectivity index (χ1v) is 9.75. The number of fused-ring (bicyclic) bond motifs is 1. The quantitative estimate of drug-likeness (QED) is 0.528. The van der Waals surface area contributed by atoms with Crippen molar-refractivity contribution in [2.75, 3.05) is 0 Å². The molecule has 0 spiro atoms. The second-order valence-corrected chi connectivity index (χ2v) is 7.84. The fourth-order valence-electron chi connectivity index (χ4n) is 3.44. The summed E-state index contributed by atoms with van der Waals surface area (Å²) in [5, 5.41) is 12.0. The van der Waals surface area contributed by atoms with Crippen LogP contribution in [-0.4, -0.2) is 10.1 Å². The maximum Gasteiger partial charge on any atom is 0.120 e. The summed E-state index contributed by atoms with van der Waals surface area (Å²) < 4.78 is 6.05. The van der Waals surface area contributed by atoms with E-state index in [1.165, 1.54) is 0 Å². The Morgan fingerprint density at radius 2 is 1.89 bits per heavy atom. The van der Waals surface area contributed by atoms with Crippen molar-refractivity contribution in [2.45, 2.75) is 52.7 Å². The van der Waals surface area contributed by atoms with E-state index in [1.807, 2.05) is 54.7 Å². The molecular weight excluding hydrogens is 334 g/mol. The lowest BCUT2D eigenvalue weighted by Gasteiger charge is -2.31. The van der Waals surface area contributed by atoms with Gasteiger partial charge < -0.3 is 9.84 Å². The number of aliphatic hydroxyl groups excluding tert-OH is 1. The molecule has 3 nitrogen and oxygen atoms in total. The predicted molar refractivity (Wildman–Crippen MR) is 111 cm³/mol. The molecule has 0 amide bonds. The molecule has 3 aromatic rings. The maximum atomic E-state index is 10.9. The van der Waals surface area contributed by atoms with Crippen LogP contribution in [0.5, 0.6) is 5.75 Å². The first-order valence-electron chi connectivity index (χ1n) is 9.75. The van der Waals surface area contributed by atoms with Crippen LogP contribution in [0.25, 0.3) is 10.9 Å². The number of hydrogen-bond donors (Lipinski definition) is 1. The molecule has 1 atom stereocenters. The van der Waals surface area contributed by atoms with Crippen molar-refractivity contribution in [1.82, 2.24) is 4.98 Å². The lowest BCUT2D eigenvalue weighted by molar-refractivity contribution is 0.0412. The van der Waals surface area contributed by atoms with Crippen molar-refractivity contribution in [2.24, 2.45) is 5.41 Å². The Morgan fingerprint density at radius 1 is 1.07 bits per heavy atom. The highest BCUT2D eigenvalue weighted by Gasteiger charge is 2.28. The molecule has 0 aliphatic heterocycles. The fourth-order valence-corrected chi connectivity index (χ4v) is 3.44. The third-order valence-corrected chi connectivity index (χ3v) is 5.22. The van der Waals surface area contributed by atoms with Crippen LogP contribution in [-0.2, 0) is 6.61 Å². The van der Waals surface area contributed by atoms with Gasteiger partial charge in [0.25, 0.3) is 0 Å². The Kier molecular flexibility index (Phi) is 6.12. The lowest BCUT2D eigenvalue weighted by atomic mass is 9.78. The van der Waals surface area contributed by atoms with Gasteiger partial charge in [0.1, 0.15) is 12.4 Å². The van der Waals surface area contributed by atoms with E-state index in [4.69, 9.17) is 4.74 Å². The molecule has 3 rings (SSSR count). The molecule has 2 aromatic carbocycles. The van der Waals surface area contributed by atoms with Gasteiger partial charge in [-0.1, -0.05) is 63.9 Å². The number of rotatable bonds is 8. The van der Waals surface area contributed by atoms with Crippen LogP contribution in [0.1, 0.15) is 57.3 Å². The summed E-state index contributed by atoms with van der Waals surface area (Å²) in [4.78, 5) is 4.40. The van der Waals surface area contributed by atoms with E-state index in [9.17, 15) is 5.11 Å². The van der Waals surface area contributed by atoms with Crippen LogP contribution >= 0.6 is 0 Å². The molecule has 0 saturated heterocycles. The molecule has 1 N–H and O–H groups in total. The average molecular weight is 364 g/mol. The molecule has 0 aliphatic rings. The Labute approximate surface area is 162 Å². The van der Waals surface area contributed by atoms with E-state index in [2.05, 4.69) is 31.8 Å². The molecule has 0 bridgehead atoms. The summed E-state index contributed by atoms with van der Waals surface area (Å²) in [5.74, 6) is 0.777. The van der Waals surface area contributed by atoms with Crippen molar-refractivity contribution >= 4 is 10.9 Å². The van der Waals surface area contributed by atoms with Gasteiger partial charge in [0.05, 0.1) is 11.6 Å². The number of nitrogens with zero attached hydrogens (tertiary/aromatic N) is 1. The van der Waals surface area contributed by atoms with E-state index < -0.39 is 6.10 Å². The largest absolute Gasteiger partial charge is 0.489 e. The zero-order valence-corrected chi connectivity index (χ0v) is 16.5. The van der Waals surface area contributed by atoms with E-state index in [0.29, 0.717) is 6.61 Å². The molecule has 0 fully saturated rings. The van der Waals surface area contributed by atoms with Gasteiger partial charge in [0, 0.05) is 17.1 Å². The van der Waals surface area contributed by atoms with Crippen molar-refractivity contribution in [3.05, 3.63) is 71.9 Å². The molecule has 0 aliphatic carbocycles.